The van der Waals surface area contributed by atoms with Gasteiger partial charge in [0.15, 0.2) is 0 Å². The number of furan rings is 1. The van der Waals surface area contributed by atoms with E-state index in [0.717, 1.165) is 44.6 Å². The third-order valence-corrected chi connectivity index (χ3v) is 9.71. The van der Waals surface area contributed by atoms with E-state index in [1.54, 1.807) is 0 Å². The molecule has 7 aromatic rings. The molecule has 0 fully saturated rings. The van der Waals surface area contributed by atoms with Gasteiger partial charge in [-0.2, -0.15) is 0 Å². The number of hydrogen-bond acceptors (Lipinski definition) is 4. The Morgan fingerprint density at radius 2 is 1.35 bits per heavy atom. The fraction of sp³-hybridized carbons (Fsp3) is 0.298. The SMILES string of the molecule is Cc1c[c-]c(-c2cc(C)c(C)cn2)cc1.Cc1cnc(-c2[c-]ccc3c2oc2nc(-c4c(C(C)C)cccc4C(C)C)ccc23)cc1C(C)(C)C.[Ir]. The molecule has 4 nitrogen and oxygen atoms in total. The first-order valence-electron chi connectivity index (χ1n) is 18.0. The van der Waals surface area contributed by atoms with Gasteiger partial charge in [0.2, 0.25) is 5.71 Å². The number of rotatable bonds is 5. The standard InChI is InChI=1S/C33H35N2O.C14H14N.Ir/c1-19(2)22-11-9-12-23(20(3)4)30(22)28-16-15-25-24-13-10-14-26(31(24)36-32(25)35-28)29-17-27(33(6,7)8)21(5)18-34-29;1-10-4-6-13(7-5-10)14-8-11(2)12(3)9-15-14;/h9-13,15-20H,1-8H3;4-6,8-9H,1-3H3;/q2*-1;. The molecule has 0 aliphatic carbocycles. The van der Waals surface area contributed by atoms with Gasteiger partial charge in [0.1, 0.15) is 0 Å². The van der Waals surface area contributed by atoms with Gasteiger partial charge in [0, 0.05) is 43.4 Å². The number of benzene rings is 3. The third-order valence-electron chi connectivity index (χ3n) is 9.71. The maximum Gasteiger partial charge on any atom is 0.216 e. The quantitative estimate of drug-likeness (QED) is 0.162. The number of aromatic nitrogens is 3. The monoisotopic (exact) mass is 864 g/mol. The average Bonchev–Trinajstić information content (AvgIpc) is 3.47. The first kappa shape index (κ1) is 38.8. The molecule has 0 atom stereocenters. The van der Waals surface area contributed by atoms with Gasteiger partial charge in [-0.1, -0.05) is 102 Å². The summed E-state index contributed by atoms with van der Waals surface area (Å²) in [6, 6.07) is 32.0. The molecule has 1 radical (unpaired) electrons. The van der Waals surface area contributed by atoms with Gasteiger partial charge in [0.25, 0.3) is 0 Å². The summed E-state index contributed by atoms with van der Waals surface area (Å²) in [5, 5.41) is 2.05. The summed E-state index contributed by atoms with van der Waals surface area (Å²) in [5.74, 6) is 0.801. The van der Waals surface area contributed by atoms with Crippen LogP contribution in [0.5, 0.6) is 0 Å². The van der Waals surface area contributed by atoms with Gasteiger partial charge >= 0.3 is 0 Å². The van der Waals surface area contributed by atoms with E-state index >= 15 is 0 Å². The summed E-state index contributed by atoms with van der Waals surface area (Å²) in [4.78, 5) is 14.2. The van der Waals surface area contributed by atoms with E-state index in [0.29, 0.717) is 17.5 Å². The molecular weight excluding hydrogens is 815 g/mol. The first-order valence-corrected chi connectivity index (χ1v) is 18.0. The zero-order valence-corrected chi connectivity index (χ0v) is 34.7. The molecule has 5 heteroatoms. The topological polar surface area (TPSA) is 51.8 Å². The van der Waals surface area contributed by atoms with Crippen molar-refractivity contribution in [1.29, 1.82) is 0 Å². The van der Waals surface area contributed by atoms with Gasteiger partial charge < -0.3 is 14.4 Å². The van der Waals surface area contributed by atoms with Crippen molar-refractivity contribution in [3.05, 3.63) is 136 Å². The Morgan fingerprint density at radius 1 is 0.673 bits per heavy atom. The summed E-state index contributed by atoms with van der Waals surface area (Å²) in [6.45, 7) is 24.0. The van der Waals surface area contributed by atoms with Gasteiger partial charge in [-0.3, -0.25) is 0 Å². The molecule has 0 spiro atoms. The maximum atomic E-state index is 6.47. The first-order chi connectivity index (χ1) is 24.2. The third kappa shape index (κ3) is 7.97. The van der Waals surface area contributed by atoms with E-state index in [4.69, 9.17) is 14.4 Å². The number of aryl methyl sites for hydroxylation is 4. The number of nitrogens with zero attached hydrogens (tertiary/aromatic N) is 3. The van der Waals surface area contributed by atoms with E-state index in [9.17, 15) is 0 Å². The van der Waals surface area contributed by atoms with Crippen LogP contribution in [0.3, 0.4) is 0 Å². The summed E-state index contributed by atoms with van der Waals surface area (Å²) >= 11 is 0. The normalized spacial score (nSPS) is 11.6. The maximum absolute atomic E-state index is 6.47. The molecule has 52 heavy (non-hydrogen) atoms. The molecule has 3 aromatic carbocycles. The van der Waals surface area contributed by atoms with Gasteiger partial charge in [-0.05, 0) is 89.4 Å². The van der Waals surface area contributed by atoms with E-state index in [-0.39, 0.29) is 25.5 Å². The van der Waals surface area contributed by atoms with Crippen LogP contribution in [0.4, 0.5) is 0 Å². The molecule has 7 rings (SSSR count). The van der Waals surface area contributed by atoms with Crippen LogP contribution in [0.2, 0.25) is 0 Å². The second-order valence-electron chi connectivity index (χ2n) is 15.4. The van der Waals surface area contributed by atoms with Crippen LogP contribution in [-0.2, 0) is 25.5 Å². The second-order valence-corrected chi connectivity index (χ2v) is 15.4. The van der Waals surface area contributed by atoms with Crippen LogP contribution in [0.15, 0.2) is 89.6 Å². The fourth-order valence-corrected chi connectivity index (χ4v) is 6.70. The largest absolute Gasteiger partial charge is 0.486 e. The number of hydrogen-bond donors (Lipinski definition) is 0. The van der Waals surface area contributed by atoms with Crippen molar-refractivity contribution in [2.45, 2.75) is 93.4 Å². The van der Waals surface area contributed by atoms with Crippen LogP contribution in [0, 0.1) is 39.8 Å². The molecule has 4 aromatic heterocycles. The van der Waals surface area contributed by atoms with Crippen LogP contribution >= 0.6 is 0 Å². The van der Waals surface area contributed by atoms with Crippen molar-refractivity contribution < 1.29 is 24.5 Å². The Bertz CT molecular complexity index is 2320. The predicted molar refractivity (Wildman–Crippen MR) is 213 cm³/mol. The molecule has 0 aliphatic rings. The van der Waals surface area contributed by atoms with Crippen molar-refractivity contribution in [1.82, 2.24) is 15.0 Å². The van der Waals surface area contributed by atoms with E-state index in [2.05, 4.69) is 154 Å². The van der Waals surface area contributed by atoms with Crippen LogP contribution < -0.4 is 0 Å². The van der Waals surface area contributed by atoms with Gasteiger partial charge in [-0.15, -0.1) is 53.6 Å². The average molecular weight is 864 g/mol. The molecule has 269 valence electrons. The molecule has 0 unspecified atom stereocenters. The predicted octanol–water partition coefficient (Wildman–Crippen LogP) is 12.8. The van der Waals surface area contributed by atoms with Crippen LogP contribution in [-0.4, -0.2) is 15.0 Å². The fourth-order valence-electron chi connectivity index (χ4n) is 6.70. The Kier molecular flexibility index (Phi) is 11.7. The van der Waals surface area contributed by atoms with E-state index in [1.807, 2.05) is 24.5 Å². The molecule has 0 aliphatic heterocycles. The Balaban J connectivity index is 0.000000274. The van der Waals surface area contributed by atoms with Crippen LogP contribution in [0.25, 0.3) is 55.8 Å². The van der Waals surface area contributed by atoms with E-state index < -0.39 is 0 Å². The minimum absolute atomic E-state index is 0. The zero-order valence-electron chi connectivity index (χ0n) is 32.3. The molecule has 0 bridgehead atoms. The van der Waals surface area contributed by atoms with Crippen molar-refractivity contribution >= 4 is 22.1 Å². The van der Waals surface area contributed by atoms with E-state index in [1.165, 1.54) is 44.5 Å². The van der Waals surface area contributed by atoms with Crippen molar-refractivity contribution in [2.75, 3.05) is 0 Å². The number of fused-ring (bicyclic) bond motifs is 3. The van der Waals surface area contributed by atoms with Crippen molar-refractivity contribution in [3.8, 4) is 33.8 Å². The summed E-state index contributed by atoms with van der Waals surface area (Å²) < 4.78 is 6.47. The minimum atomic E-state index is 0. The molecule has 0 amide bonds. The minimum Gasteiger partial charge on any atom is -0.486 e. The smallest absolute Gasteiger partial charge is 0.216 e. The molecule has 0 saturated carbocycles. The summed E-state index contributed by atoms with van der Waals surface area (Å²) in [6.07, 6.45) is 3.87. The Hall–Kier alpha value is -4.44. The Morgan fingerprint density at radius 3 is 1.96 bits per heavy atom. The molecular formula is C47H49IrN3O-2. The van der Waals surface area contributed by atoms with Crippen LogP contribution in [0.1, 0.15) is 99.2 Å². The number of pyridine rings is 3. The van der Waals surface area contributed by atoms with Crippen molar-refractivity contribution in [2.24, 2.45) is 0 Å². The molecule has 0 N–H and O–H groups in total. The second kappa shape index (κ2) is 15.7. The van der Waals surface area contributed by atoms with Gasteiger partial charge in [-0.25, -0.2) is 4.98 Å². The zero-order chi connectivity index (χ0) is 36.6. The van der Waals surface area contributed by atoms with Gasteiger partial charge in [0.05, 0.1) is 11.3 Å². The van der Waals surface area contributed by atoms with Crippen molar-refractivity contribution in [3.63, 3.8) is 0 Å². The summed E-state index contributed by atoms with van der Waals surface area (Å²) in [5.41, 5.74) is 16.3. The Labute approximate surface area is 323 Å². The molecule has 4 heterocycles. The molecule has 0 saturated heterocycles. The summed E-state index contributed by atoms with van der Waals surface area (Å²) in [7, 11) is 0.